The van der Waals surface area contributed by atoms with Crippen LogP contribution in [0, 0.1) is 13.8 Å². The zero-order chi connectivity index (χ0) is 21.3. The zero-order valence-electron chi connectivity index (χ0n) is 16.9. The molecule has 2 aromatic carbocycles. The minimum absolute atomic E-state index is 0.0826. The Balaban J connectivity index is 1.49. The zero-order valence-corrected chi connectivity index (χ0v) is 19.3. The van der Waals surface area contributed by atoms with Gasteiger partial charge in [-0.25, -0.2) is 0 Å². The van der Waals surface area contributed by atoms with Crippen LogP contribution < -0.4 is 5.32 Å². The van der Waals surface area contributed by atoms with E-state index in [4.69, 9.17) is 4.42 Å². The predicted octanol–water partition coefficient (Wildman–Crippen LogP) is 5.82. The highest BCUT2D eigenvalue weighted by Crippen LogP contribution is 2.30. The molecule has 0 radical (unpaired) electrons. The van der Waals surface area contributed by atoms with E-state index in [0.29, 0.717) is 23.3 Å². The highest BCUT2D eigenvalue weighted by Gasteiger charge is 2.18. The van der Waals surface area contributed by atoms with Crippen LogP contribution in [0.25, 0.3) is 22.6 Å². The van der Waals surface area contributed by atoms with E-state index in [2.05, 4.69) is 31.4 Å². The third kappa shape index (κ3) is 4.02. The Morgan fingerprint density at radius 1 is 1.17 bits per heavy atom. The largest absolute Gasteiger partial charge is 0.453 e. The van der Waals surface area contributed by atoms with Crippen LogP contribution in [-0.2, 0) is 11.3 Å². The summed E-state index contributed by atoms with van der Waals surface area (Å²) in [6.07, 6.45) is 0. The van der Waals surface area contributed by atoms with Gasteiger partial charge in [-0.1, -0.05) is 45.9 Å². The maximum absolute atomic E-state index is 12.5. The molecule has 2 aromatic heterocycles. The standard InChI is InChI=1S/C22H21BrN4O2S/c1-4-27-21(19-11-15-7-5-6-8-18(15)29-19)25-26-22(27)30-12-20(28)24-17-10-9-16(23)13(2)14(17)3/h5-11H,4,12H2,1-3H3,(H,24,28). The van der Waals surface area contributed by atoms with Crippen molar-refractivity contribution in [3.63, 3.8) is 0 Å². The lowest BCUT2D eigenvalue weighted by Gasteiger charge is -2.12. The van der Waals surface area contributed by atoms with Crippen molar-refractivity contribution in [1.29, 1.82) is 0 Å². The predicted molar refractivity (Wildman–Crippen MR) is 124 cm³/mol. The second-order valence-electron chi connectivity index (χ2n) is 6.88. The number of hydrogen-bond acceptors (Lipinski definition) is 5. The number of nitrogens with one attached hydrogen (secondary N) is 1. The first-order valence-corrected chi connectivity index (χ1v) is 11.4. The Labute approximate surface area is 187 Å². The molecule has 0 atom stereocenters. The molecule has 1 N–H and O–H groups in total. The van der Waals surface area contributed by atoms with Gasteiger partial charge in [0, 0.05) is 22.1 Å². The molecule has 4 rings (SSSR count). The summed E-state index contributed by atoms with van der Waals surface area (Å²) in [5.74, 6) is 1.49. The van der Waals surface area contributed by atoms with Gasteiger partial charge in [-0.05, 0) is 56.2 Å². The van der Waals surface area contributed by atoms with E-state index in [9.17, 15) is 4.79 Å². The Hall–Kier alpha value is -2.58. The number of hydrogen-bond donors (Lipinski definition) is 1. The molecular formula is C22H21BrN4O2S. The van der Waals surface area contributed by atoms with E-state index >= 15 is 0 Å². The van der Waals surface area contributed by atoms with Gasteiger partial charge < -0.3 is 9.73 Å². The number of aromatic nitrogens is 3. The number of rotatable bonds is 6. The number of nitrogens with zero attached hydrogens (tertiary/aromatic N) is 3. The molecule has 1 amide bonds. The lowest BCUT2D eigenvalue weighted by molar-refractivity contribution is -0.113. The van der Waals surface area contributed by atoms with Crippen LogP contribution in [-0.4, -0.2) is 26.4 Å². The number of carbonyl (C=O) groups excluding carboxylic acids is 1. The molecule has 8 heteroatoms. The van der Waals surface area contributed by atoms with Crippen LogP contribution in [0.3, 0.4) is 0 Å². The Morgan fingerprint density at radius 2 is 1.97 bits per heavy atom. The average molecular weight is 485 g/mol. The van der Waals surface area contributed by atoms with Gasteiger partial charge in [-0.3, -0.25) is 9.36 Å². The van der Waals surface area contributed by atoms with Crippen molar-refractivity contribution in [1.82, 2.24) is 14.8 Å². The number of anilines is 1. The van der Waals surface area contributed by atoms with Crippen LogP contribution in [0.15, 0.2) is 56.5 Å². The quantitative estimate of drug-likeness (QED) is 0.349. The molecule has 154 valence electrons. The molecule has 4 aromatic rings. The number of fused-ring (bicyclic) bond motifs is 1. The van der Waals surface area contributed by atoms with Gasteiger partial charge in [-0.15, -0.1) is 10.2 Å². The molecule has 2 heterocycles. The van der Waals surface area contributed by atoms with Crippen LogP contribution in [0.4, 0.5) is 5.69 Å². The lowest BCUT2D eigenvalue weighted by atomic mass is 10.1. The van der Waals surface area contributed by atoms with Crippen LogP contribution in [0.2, 0.25) is 0 Å². The first-order valence-electron chi connectivity index (χ1n) is 9.58. The number of thioether (sulfide) groups is 1. The fourth-order valence-electron chi connectivity index (χ4n) is 3.19. The highest BCUT2D eigenvalue weighted by molar-refractivity contribution is 9.10. The van der Waals surface area contributed by atoms with Gasteiger partial charge in [-0.2, -0.15) is 0 Å². The summed E-state index contributed by atoms with van der Waals surface area (Å²) >= 11 is 4.87. The van der Waals surface area contributed by atoms with E-state index in [0.717, 1.165) is 32.3 Å². The minimum Gasteiger partial charge on any atom is -0.453 e. The van der Waals surface area contributed by atoms with E-state index in [1.807, 2.05) is 67.8 Å². The van der Waals surface area contributed by atoms with Gasteiger partial charge in [0.2, 0.25) is 11.7 Å². The van der Waals surface area contributed by atoms with Crippen LogP contribution in [0.1, 0.15) is 18.1 Å². The van der Waals surface area contributed by atoms with Gasteiger partial charge in [0.05, 0.1) is 5.75 Å². The summed E-state index contributed by atoms with van der Waals surface area (Å²) in [5, 5.41) is 13.3. The number of furan rings is 1. The third-order valence-corrected chi connectivity index (χ3v) is 6.83. The van der Waals surface area contributed by atoms with E-state index in [1.165, 1.54) is 11.8 Å². The molecule has 0 aliphatic carbocycles. The molecule has 0 spiro atoms. The molecule has 6 nitrogen and oxygen atoms in total. The van der Waals surface area contributed by atoms with Crippen molar-refractivity contribution in [3.8, 4) is 11.6 Å². The second-order valence-corrected chi connectivity index (χ2v) is 8.68. The molecule has 30 heavy (non-hydrogen) atoms. The summed E-state index contributed by atoms with van der Waals surface area (Å²) < 4.78 is 8.92. The van der Waals surface area contributed by atoms with Crippen molar-refractivity contribution in [2.24, 2.45) is 0 Å². The Morgan fingerprint density at radius 3 is 2.73 bits per heavy atom. The molecule has 0 aliphatic rings. The monoisotopic (exact) mass is 484 g/mol. The molecule has 0 aliphatic heterocycles. The van der Waals surface area contributed by atoms with Crippen LogP contribution in [0.5, 0.6) is 0 Å². The molecule has 0 saturated carbocycles. The normalized spacial score (nSPS) is 11.2. The third-order valence-electron chi connectivity index (χ3n) is 5.01. The minimum atomic E-state index is -0.0826. The van der Waals surface area contributed by atoms with Crippen molar-refractivity contribution in [2.45, 2.75) is 32.5 Å². The van der Waals surface area contributed by atoms with Gasteiger partial charge in [0.25, 0.3) is 0 Å². The smallest absolute Gasteiger partial charge is 0.234 e. The molecular weight excluding hydrogens is 464 g/mol. The van der Waals surface area contributed by atoms with Crippen molar-refractivity contribution in [2.75, 3.05) is 11.1 Å². The number of carbonyl (C=O) groups is 1. The van der Waals surface area contributed by atoms with Crippen LogP contribution >= 0.6 is 27.7 Å². The van der Waals surface area contributed by atoms with E-state index in [1.54, 1.807) is 0 Å². The Kier molecular flexibility index (Phi) is 5.97. The number of amides is 1. The van der Waals surface area contributed by atoms with Gasteiger partial charge in [0.15, 0.2) is 10.9 Å². The SMILES string of the molecule is CCn1c(SCC(=O)Nc2ccc(Br)c(C)c2C)nnc1-c1cc2ccccc2o1. The second kappa shape index (κ2) is 8.65. The topological polar surface area (TPSA) is 73.0 Å². The maximum Gasteiger partial charge on any atom is 0.234 e. The van der Waals surface area contributed by atoms with Gasteiger partial charge in [0.1, 0.15) is 5.58 Å². The lowest BCUT2D eigenvalue weighted by Crippen LogP contribution is -2.15. The molecule has 0 fully saturated rings. The Bertz CT molecular complexity index is 1200. The van der Waals surface area contributed by atoms with Crippen molar-refractivity contribution >= 4 is 50.3 Å². The molecule has 0 saturated heterocycles. The van der Waals surface area contributed by atoms with Gasteiger partial charge >= 0.3 is 0 Å². The van der Waals surface area contributed by atoms with Crippen molar-refractivity contribution in [3.05, 3.63) is 58.1 Å². The summed E-state index contributed by atoms with van der Waals surface area (Å²) in [6, 6.07) is 13.7. The fourth-order valence-corrected chi connectivity index (χ4v) is 4.43. The molecule has 0 bridgehead atoms. The first-order chi connectivity index (χ1) is 14.5. The first kappa shape index (κ1) is 20.7. The maximum atomic E-state index is 12.5. The molecule has 0 unspecified atom stereocenters. The summed E-state index contributed by atoms with van der Waals surface area (Å²) in [4.78, 5) is 12.5. The average Bonchev–Trinajstić information content (AvgIpc) is 3.36. The number of benzene rings is 2. The summed E-state index contributed by atoms with van der Waals surface area (Å²) in [5.41, 5.74) is 3.79. The highest BCUT2D eigenvalue weighted by atomic mass is 79.9. The van der Waals surface area contributed by atoms with E-state index < -0.39 is 0 Å². The number of para-hydroxylation sites is 1. The number of halogens is 1. The van der Waals surface area contributed by atoms with Crippen molar-refractivity contribution < 1.29 is 9.21 Å². The van der Waals surface area contributed by atoms with E-state index in [-0.39, 0.29) is 11.7 Å². The summed E-state index contributed by atoms with van der Waals surface area (Å²) in [7, 11) is 0. The fraction of sp³-hybridized carbons (Fsp3) is 0.227. The summed E-state index contributed by atoms with van der Waals surface area (Å²) in [6.45, 7) is 6.71.